The number of nitrogens with zero attached hydrogens (tertiary/aromatic N) is 7. The number of rotatable bonds is 2. The van der Waals surface area contributed by atoms with Crippen molar-refractivity contribution in [2.24, 2.45) is 0 Å². The summed E-state index contributed by atoms with van der Waals surface area (Å²) in [5, 5.41) is 16.7. The molecule has 3 aromatic heterocycles. The van der Waals surface area contributed by atoms with Gasteiger partial charge in [0.1, 0.15) is 6.33 Å². The van der Waals surface area contributed by atoms with Gasteiger partial charge in [-0.1, -0.05) is 30.3 Å². The van der Waals surface area contributed by atoms with Crippen molar-refractivity contribution in [3.05, 3.63) is 66.4 Å². The van der Waals surface area contributed by atoms with Gasteiger partial charge in [0.2, 0.25) is 0 Å². The zero-order valence-electron chi connectivity index (χ0n) is 14.7. The SMILES string of the molecule is C[C@H]1CN(C(=O)c2cccn3cnnc23)Cc2nnc(-c3ccccc3)n21. The summed E-state index contributed by atoms with van der Waals surface area (Å²) >= 11 is 0. The fourth-order valence-corrected chi connectivity index (χ4v) is 3.66. The van der Waals surface area contributed by atoms with E-state index in [1.807, 2.05) is 42.6 Å². The van der Waals surface area contributed by atoms with E-state index in [-0.39, 0.29) is 11.9 Å². The number of pyridine rings is 1. The molecule has 0 saturated heterocycles. The van der Waals surface area contributed by atoms with Crippen LogP contribution in [0.25, 0.3) is 17.0 Å². The van der Waals surface area contributed by atoms with Crippen molar-refractivity contribution in [2.45, 2.75) is 19.5 Å². The molecule has 0 saturated carbocycles. The van der Waals surface area contributed by atoms with E-state index in [0.717, 1.165) is 17.2 Å². The first kappa shape index (κ1) is 15.7. The first-order valence-electron chi connectivity index (χ1n) is 8.79. The molecule has 8 nitrogen and oxygen atoms in total. The lowest BCUT2D eigenvalue weighted by atomic mass is 10.1. The van der Waals surface area contributed by atoms with Gasteiger partial charge in [0, 0.05) is 18.3 Å². The summed E-state index contributed by atoms with van der Waals surface area (Å²) in [6.45, 7) is 3.08. The minimum atomic E-state index is -0.0732. The van der Waals surface area contributed by atoms with Crippen molar-refractivity contribution < 1.29 is 4.79 Å². The molecule has 0 aliphatic carbocycles. The Hall–Kier alpha value is -3.55. The molecule has 134 valence electrons. The molecule has 1 aliphatic heterocycles. The lowest BCUT2D eigenvalue weighted by Gasteiger charge is -2.32. The predicted molar refractivity (Wildman–Crippen MR) is 97.9 cm³/mol. The summed E-state index contributed by atoms with van der Waals surface area (Å²) in [6.07, 6.45) is 3.42. The molecule has 5 rings (SSSR count). The molecule has 1 aliphatic rings. The third-order valence-electron chi connectivity index (χ3n) is 4.90. The van der Waals surface area contributed by atoms with E-state index >= 15 is 0 Å². The summed E-state index contributed by atoms with van der Waals surface area (Å²) in [5.74, 6) is 1.55. The quantitative estimate of drug-likeness (QED) is 0.548. The summed E-state index contributed by atoms with van der Waals surface area (Å²) < 4.78 is 3.87. The highest BCUT2D eigenvalue weighted by atomic mass is 16.2. The van der Waals surface area contributed by atoms with Crippen LogP contribution in [0.5, 0.6) is 0 Å². The Balaban J connectivity index is 1.50. The van der Waals surface area contributed by atoms with E-state index in [9.17, 15) is 4.79 Å². The van der Waals surface area contributed by atoms with Crippen LogP contribution < -0.4 is 0 Å². The maximum Gasteiger partial charge on any atom is 0.258 e. The Kier molecular flexibility index (Phi) is 3.49. The third kappa shape index (κ3) is 2.49. The molecular formula is C19H17N7O. The average molecular weight is 359 g/mol. The highest BCUT2D eigenvalue weighted by molar-refractivity contribution is 5.99. The number of hydrogen-bond acceptors (Lipinski definition) is 5. The molecular weight excluding hydrogens is 342 g/mol. The van der Waals surface area contributed by atoms with E-state index in [4.69, 9.17) is 0 Å². The maximum atomic E-state index is 13.1. The van der Waals surface area contributed by atoms with Crippen LogP contribution in [0.15, 0.2) is 55.0 Å². The first-order chi connectivity index (χ1) is 13.2. The molecule has 0 spiro atoms. The average Bonchev–Trinajstić information content (AvgIpc) is 3.35. The molecule has 0 fully saturated rings. The van der Waals surface area contributed by atoms with Gasteiger partial charge in [-0.25, -0.2) is 0 Å². The smallest absolute Gasteiger partial charge is 0.258 e. The van der Waals surface area contributed by atoms with Gasteiger partial charge in [0.05, 0.1) is 18.2 Å². The minimum Gasteiger partial charge on any atom is -0.329 e. The Morgan fingerprint density at radius 3 is 2.78 bits per heavy atom. The zero-order valence-corrected chi connectivity index (χ0v) is 14.7. The molecule has 8 heteroatoms. The van der Waals surface area contributed by atoms with E-state index in [2.05, 4.69) is 31.9 Å². The number of hydrogen-bond donors (Lipinski definition) is 0. The molecule has 4 heterocycles. The summed E-state index contributed by atoms with van der Waals surface area (Å²) in [7, 11) is 0. The van der Waals surface area contributed by atoms with Gasteiger partial charge in [-0.05, 0) is 19.1 Å². The lowest BCUT2D eigenvalue weighted by Crippen LogP contribution is -2.40. The Morgan fingerprint density at radius 1 is 1.07 bits per heavy atom. The van der Waals surface area contributed by atoms with Crippen molar-refractivity contribution in [3.63, 3.8) is 0 Å². The molecule has 1 aromatic carbocycles. The Labute approximate surface area is 155 Å². The monoisotopic (exact) mass is 359 g/mol. The van der Waals surface area contributed by atoms with E-state index in [0.29, 0.717) is 24.3 Å². The fourth-order valence-electron chi connectivity index (χ4n) is 3.66. The topological polar surface area (TPSA) is 81.2 Å². The van der Waals surface area contributed by atoms with Crippen molar-refractivity contribution in [1.29, 1.82) is 0 Å². The summed E-state index contributed by atoms with van der Waals surface area (Å²) in [4.78, 5) is 14.9. The molecule has 0 radical (unpaired) electrons. The molecule has 1 atom stereocenters. The van der Waals surface area contributed by atoms with Crippen molar-refractivity contribution in [3.8, 4) is 11.4 Å². The molecule has 27 heavy (non-hydrogen) atoms. The van der Waals surface area contributed by atoms with E-state index < -0.39 is 0 Å². The van der Waals surface area contributed by atoms with Crippen LogP contribution in [-0.2, 0) is 6.54 Å². The van der Waals surface area contributed by atoms with Gasteiger partial charge >= 0.3 is 0 Å². The van der Waals surface area contributed by atoms with Gasteiger partial charge in [0.25, 0.3) is 5.91 Å². The number of benzene rings is 1. The Morgan fingerprint density at radius 2 is 1.93 bits per heavy atom. The van der Waals surface area contributed by atoms with Gasteiger partial charge in [-0.3, -0.25) is 9.20 Å². The van der Waals surface area contributed by atoms with Crippen LogP contribution >= 0.6 is 0 Å². The first-order valence-corrected chi connectivity index (χ1v) is 8.79. The molecule has 0 N–H and O–H groups in total. The molecule has 0 unspecified atom stereocenters. The van der Waals surface area contributed by atoms with Crippen LogP contribution in [-0.4, -0.2) is 46.7 Å². The number of aromatic nitrogens is 6. The van der Waals surface area contributed by atoms with Gasteiger partial charge < -0.3 is 9.47 Å². The number of fused-ring (bicyclic) bond motifs is 2. The van der Waals surface area contributed by atoms with Crippen molar-refractivity contribution in [1.82, 2.24) is 34.3 Å². The summed E-state index contributed by atoms with van der Waals surface area (Å²) in [5.41, 5.74) is 2.13. The lowest BCUT2D eigenvalue weighted by molar-refractivity contribution is 0.0683. The van der Waals surface area contributed by atoms with Gasteiger partial charge in [-0.15, -0.1) is 20.4 Å². The second-order valence-corrected chi connectivity index (χ2v) is 6.69. The van der Waals surface area contributed by atoms with Gasteiger partial charge in [-0.2, -0.15) is 0 Å². The summed E-state index contributed by atoms with van der Waals surface area (Å²) in [6, 6.07) is 13.7. The molecule has 4 aromatic rings. The second-order valence-electron chi connectivity index (χ2n) is 6.69. The van der Waals surface area contributed by atoms with Crippen LogP contribution in [0, 0.1) is 0 Å². The van der Waals surface area contributed by atoms with Gasteiger partial charge in [0.15, 0.2) is 17.3 Å². The number of carbonyl (C=O) groups is 1. The normalized spacial score (nSPS) is 16.5. The largest absolute Gasteiger partial charge is 0.329 e. The van der Waals surface area contributed by atoms with Crippen molar-refractivity contribution >= 4 is 11.6 Å². The number of amides is 1. The fraction of sp³-hybridized carbons (Fsp3) is 0.211. The second kappa shape index (κ2) is 6.01. The van der Waals surface area contributed by atoms with E-state index in [1.54, 1.807) is 21.7 Å². The zero-order chi connectivity index (χ0) is 18.4. The molecule has 1 amide bonds. The molecule has 0 bridgehead atoms. The van der Waals surface area contributed by atoms with Crippen LogP contribution in [0.4, 0.5) is 0 Å². The number of carbonyl (C=O) groups excluding carboxylic acids is 1. The minimum absolute atomic E-state index is 0.0699. The highest BCUT2D eigenvalue weighted by Gasteiger charge is 2.31. The van der Waals surface area contributed by atoms with Crippen LogP contribution in [0.3, 0.4) is 0 Å². The van der Waals surface area contributed by atoms with E-state index in [1.165, 1.54) is 0 Å². The van der Waals surface area contributed by atoms with Crippen molar-refractivity contribution in [2.75, 3.05) is 6.54 Å². The highest BCUT2D eigenvalue weighted by Crippen LogP contribution is 2.28. The van der Waals surface area contributed by atoms with Crippen LogP contribution in [0.1, 0.15) is 29.1 Å². The third-order valence-corrected chi connectivity index (χ3v) is 4.90. The standard InChI is InChI=1S/C19H17N7O/c1-13-10-25(19(27)15-8-5-9-24-12-20-22-18(15)24)11-16-21-23-17(26(13)16)14-6-3-2-4-7-14/h2-9,12-13H,10-11H2,1H3/t13-/m0/s1. The maximum absolute atomic E-state index is 13.1. The van der Waals surface area contributed by atoms with Crippen LogP contribution in [0.2, 0.25) is 0 Å². The Bertz CT molecular complexity index is 1130. The predicted octanol–water partition coefficient (Wildman–Crippen LogP) is 2.20.